The number of benzene rings is 1. The quantitative estimate of drug-likeness (QED) is 0.631. The summed E-state index contributed by atoms with van der Waals surface area (Å²) in [4.78, 5) is 42.2. The molecule has 8 nitrogen and oxygen atoms in total. The molecule has 1 fully saturated rings. The first kappa shape index (κ1) is 19.1. The topological polar surface area (TPSA) is 97.8 Å². The summed E-state index contributed by atoms with van der Waals surface area (Å²) >= 11 is 0. The number of hydrogen-bond acceptors (Lipinski definition) is 6. The number of ether oxygens (including phenoxy) is 2. The molecular formula is C20H19N3O5. The largest absolute Gasteiger partial charge is 0.493 e. The maximum Gasteiger partial charge on any atom is 0.336 e. The van der Waals surface area contributed by atoms with Crippen molar-refractivity contribution < 1.29 is 23.9 Å². The van der Waals surface area contributed by atoms with Gasteiger partial charge in [0.05, 0.1) is 25.1 Å². The summed E-state index contributed by atoms with van der Waals surface area (Å²) in [6, 6.07) is 7.44. The van der Waals surface area contributed by atoms with E-state index in [1.54, 1.807) is 30.3 Å². The van der Waals surface area contributed by atoms with Crippen molar-refractivity contribution in [3.05, 3.63) is 53.9 Å². The van der Waals surface area contributed by atoms with Crippen LogP contribution in [0.3, 0.4) is 0 Å². The van der Waals surface area contributed by atoms with Crippen molar-refractivity contribution >= 4 is 29.6 Å². The minimum absolute atomic E-state index is 0.155. The molecular weight excluding hydrogens is 362 g/mol. The molecule has 4 amide bonds. The molecule has 2 heterocycles. The number of pyridine rings is 1. The Hall–Kier alpha value is -3.68. The van der Waals surface area contributed by atoms with Crippen LogP contribution in [-0.2, 0) is 9.59 Å². The van der Waals surface area contributed by atoms with Gasteiger partial charge in [0.2, 0.25) is 0 Å². The van der Waals surface area contributed by atoms with Crippen molar-refractivity contribution in [3.63, 3.8) is 0 Å². The number of urea groups is 1. The Balaban J connectivity index is 2.07. The highest BCUT2D eigenvalue weighted by Crippen LogP contribution is 2.34. The molecule has 28 heavy (non-hydrogen) atoms. The molecule has 1 N–H and O–H groups in total. The fraction of sp³-hybridized carbons (Fsp3) is 0.200. The lowest BCUT2D eigenvalue weighted by atomic mass is 10.1. The van der Waals surface area contributed by atoms with Crippen molar-refractivity contribution in [1.82, 2.24) is 10.3 Å². The molecule has 0 atom stereocenters. The van der Waals surface area contributed by atoms with Gasteiger partial charge in [0, 0.05) is 11.8 Å². The summed E-state index contributed by atoms with van der Waals surface area (Å²) in [5.41, 5.74) is 0.532. The molecule has 0 aliphatic carbocycles. The number of aromatic nitrogens is 1. The van der Waals surface area contributed by atoms with Gasteiger partial charge >= 0.3 is 6.03 Å². The van der Waals surface area contributed by atoms with E-state index in [0.717, 1.165) is 4.90 Å². The molecule has 1 aliphatic heterocycles. The summed E-state index contributed by atoms with van der Waals surface area (Å²) in [6.45, 7) is 3.70. The Morgan fingerprint density at radius 3 is 2.57 bits per heavy atom. The van der Waals surface area contributed by atoms with Gasteiger partial charge < -0.3 is 9.47 Å². The average Bonchev–Trinajstić information content (AvgIpc) is 2.66. The third kappa shape index (κ3) is 3.71. The second-order valence-electron chi connectivity index (χ2n) is 6.21. The Kier molecular flexibility index (Phi) is 5.39. The molecule has 0 radical (unpaired) electrons. The smallest absolute Gasteiger partial charge is 0.336 e. The van der Waals surface area contributed by atoms with Crippen molar-refractivity contribution in [2.75, 3.05) is 12.0 Å². The molecule has 1 saturated heterocycles. The van der Waals surface area contributed by atoms with Crippen LogP contribution < -0.4 is 19.7 Å². The zero-order valence-corrected chi connectivity index (χ0v) is 15.6. The van der Waals surface area contributed by atoms with E-state index in [9.17, 15) is 14.4 Å². The van der Waals surface area contributed by atoms with Gasteiger partial charge in [-0.1, -0.05) is 12.1 Å². The number of rotatable bonds is 5. The highest BCUT2D eigenvalue weighted by Gasteiger charge is 2.37. The molecule has 1 aliphatic rings. The molecule has 0 saturated carbocycles. The summed E-state index contributed by atoms with van der Waals surface area (Å²) < 4.78 is 11.1. The van der Waals surface area contributed by atoms with Gasteiger partial charge in [-0.2, -0.15) is 0 Å². The summed E-state index contributed by atoms with van der Waals surface area (Å²) in [5, 5.41) is 2.18. The monoisotopic (exact) mass is 381 g/mol. The number of anilines is 1. The van der Waals surface area contributed by atoms with Crippen LogP contribution >= 0.6 is 0 Å². The Bertz CT molecular complexity index is 954. The van der Waals surface area contributed by atoms with Crippen molar-refractivity contribution in [1.29, 1.82) is 0 Å². The van der Waals surface area contributed by atoms with E-state index in [1.807, 2.05) is 13.8 Å². The highest BCUT2D eigenvalue weighted by molar-refractivity contribution is 6.39. The van der Waals surface area contributed by atoms with E-state index >= 15 is 0 Å². The molecule has 0 bridgehead atoms. The number of amides is 4. The molecule has 144 valence electrons. The Morgan fingerprint density at radius 2 is 1.93 bits per heavy atom. The van der Waals surface area contributed by atoms with Crippen LogP contribution in [0.1, 0.15) is 19.4 Å². The lowest BCUT2D eigenvalue weighted by Gasteiger charge is -2.26. The number of imide groups is 2. The van der Waals surface area contributed by atoms with Crippen LogP contribution in [0.25, 0.3) is 6.08 Å². The van der Waals surface area contributed by atoms with Gasteiger partial charge in [0.1, 0.15) is 5.57 Å². The molecule has 8 heteroatoms. The number of nitrogens with zero attached hydrogens (tertiary/aromatic N) is 2. The second-order valence-corrected chi connectivity index (χ2v) is 6.21. The van der Waals surface area contributed by atoms with Crippen molar-refractivity contribution in [3.8, 4) is 11.5 Å². The van der Waals surface area contributed by atoms with Gasteiger partial charge in [-0.3, -0.25) is 19.9 Å². The normalized spacial score (nSPS) is 15.8. The van der Waals surface area contributed by atoms with Crippen LogP contribution in [-0.4, -0.2) is 36.0 Å². The predicted octanol–water partition coefficient (Wildman–Crippen LogP) is 2.54. The van der Waals surface area contributed by atoms with Gasteiger partial charge in [-0.05, 0) is 38.1 Å². The molecule has 1 aromatic heterocycles. The maximum absolute atomic E-state index is 12.9. The fourth-order valence-electron chi connectivity index (χ4n) is 2.70. The van der Waals surface area contributed by atoms with Crippen LogP contribution in [0.5, 0.6) is 11.5 Å². The minimum Gasteiger partial charge on any atom is -0.493 e. The highest BCUT2D eigenvalue weighted by atomic mass is 16.5. The van der Waals surface area contributed by atoms with Gasteiger partial charge in [-0.25, -0.2) is 9.69 Å². The summed E-state index contributed by atoms with van der Waals surface area (Å²) in [7, 11) is 1.50. The van der Waals surface area contributed by atoms with E-state index in [1.165, 1.54) is 25.6 Å². The first-order valence-electron chi connectivity index (χ1n) is 8.57. The van der Waals surface area contributed by atoms with E-state index < -0.39 is 17.8 Å². The maximum atomic E-state index is 12.9. The van der Waals surface area contributed by atoms with E-state index in [0.29, 0.717) is 17.1 Å². The molecule has 1 aromatic carbocycles. The number of methoxy groups -OCH3 is 1. The summed E-state index contributed by atoms with van der Waals surface area (Å²) in [6.07, 6.45) is 4.11. The van der Waals surface area contributed by atoms with Crippen LogP contribution in [0.4, 0.5) is 10.5 Å². The zero-order valence-electron chi connectivity index (χ0n) is 15.6. The van der Waals surface area contributed by atoms with Crippen LogP contribution in [0.2, 0.25) is 0 Å². The standard InChI is InChI=1S/C20H19N3O5/c1-12(2)28-17-13(6-4-8-16(17)27-3)10-15-18(24)22-20(26)23(19(15)25)14-7-5-9-21-11-14/h4-12H,1-3H3,(H,22,24,26). The number of nitrogens with one attached hydrogen (secondary N) is 1. The first-order chi connectivity index (χ1) is 13.4. The van der Waals surface area contributed by atoms with Crippen molar-refractivity contribution in [2.24, 2.45) is 0 Å². The average molecular weight is 381 g/mol. The molecule has 3 rings (SSSR count). The van der Waals surface area contributed by atoms with E-state index in [-0.39, 0.29) is 17.4 Å². The zero-order chi connectivity index (χ0) is 20.3. The number of hydrogen-bond donors (Lipinski definition) is 1. The Morgan fingerprint density at radius 1 is 1.14 bits per heavy atom. The second kappa shape index (κ2) is 7.91. The molecule has 0 spiro atoms. The number of para-hydroxylation sites is 1. The number of carbonyl (C=O) groups excluding carboxylic acids is 3. The number of carbonyl (C=O) groups is 3. The fourth-order valence-corrected chi connectivity index (χ4v) is 2.70. The van der Waals surface area contributed by atoms with Crippen LogP contribution in [0, 0.1) is 0 Å². The van der Waals surface area contributed by atoms with E-state index in [2.05, 4.69) is 10.3 Å². The predicted molar refractivity (Wildman–Crippen MR) is 102 cm³/mol. The van der Waals surface area contributed by atoms with Crippen LogP contribution in [0.15, 0.2) is 48.3 Å². The SMILES string of the molecule is COc1cccc(C=C2C(=O)NC(=O)N(c3cccnc3)C2=O)c1OC(C)C. The lowest BCUT2D eigenvalue weighted by molar-refractivity contribution is -0.122. The van der Waals surface area contributed by atoms with Gasteiger partial charge in [0.15, 0.2) is 11.5 Å². The Labute approximate surface area is 161 Å². The third-order valence-corrected chi connectivity index (χ3v) is 3.89. The molecule has 2 aromatic rings. The van der Waals surface area contributed by atoms with E-state index in [4.69, 9.17) is 9.47 Å². The summed E-state index contributed by atoms with van der Waals surface area (Å²) in [5.74, 6) is -0.668. The molecule has 0 unspecified atom stereocenters. The lowest BCUT2D eigenvalue weighted by Crippen LogP contribution is -2.54. The third-order valence-electron chi connectivity index (χ3n) is 3.89. The van der Waals surface area contributed by atoms with Gasteiger partial charge in [-0.15, -0.1) is 0 Å². The first-order valence-corrected chi connectivity index (χ1v) is 8.57. The number of barbiturate groups is 1. The minimum atomic E-state index is -0.829. The van der Waals surface area contributed by atoms with Crippen molar-refractivity contribution in [2.45, 2.75) is 20.0 Å². The van der Waals surface area contributed by atoms with Gasteiger partial charge in [0.25, 0.3) is 11.8 Å².